The minimum absolute atomic E-state index is 0.0270. The lowest BCUT2D eigenvalue weighted by Crippen LogP contribution is -2.25. The van der Waals surface area contributed by atoms with E-state index < -0.39 is 0 Å². The lowest BCUT2D eigenvalue weighted by Gasteiger charge is -2.36. The Morgan fingerprint density at radius 1 is 0.815 bits per heavy atom. The van der Waals surface area contributed by atoms with E-state index in [1.165, 1.54) is 5.57 Å². The molecule has 0 amide bonds. The fourth-order valence-electron chi connectivity index (χ4n) is 4.75. The Balaban J connectivity index is 2.27. The molecule has 2 unspecified atom stereocenters. The first-order valence-corrected chi connectivity index (χ1v) is 9.94. The van der Waals surface area contributed by atoms with Crippen molar-refractivity contribution in [3.8, 4) is 11.5 Å². The van der Waals surface area contributed by atoms with Crippen LogP contribution in [0.25, 0.3) is 0 Å². The minimum Gasteiger partial charge on any atom is -0.507 e. The minimum atomic E-state index is -0.0270. The highest BCUT2D eigenvalue weighted by molar-refractivity contribution is 5.54. The van der Waals surface area contributed by atoms with Crippen LogP contribution in [-0.4, -0.2) is 10.2 Å². The molecule has 2 nitrogen and oxygen atoms in total. The molecule has 1 aliphatic carbocycles. The molecule has 27 heavy (non-hydrogen) atoms. The summed E-state index contributed by atoms with van der Waals surface area (Å²) in [5, 5.41) is 21.9. The number of rotatable bonds is 3. The third kappa shape index (κ3) is 3.76. The van der Waals surface area contributed by atoms with Crippen LogP contribution in [0.2, 0.25) is 0 Å². The first-order chi connectivity index (χ1) is 12.7. The molecule has 1 aliphatic rings. The molecule has 2 N–H and O–H groups in total. The van der Waals surface area contributed by atoms with Crippen LogP contribution in [0.4, 0.5) is 0 Å². The van der Waals surface area contributed by atoms with E-state index in [0.717, 1.165) is 46.2 Å². The molecule has 3 rings (SSSR count). The van der Waals surface area contributed by atoms with Gasteiger partial charge in [0.1, 0.15) is 11.5 Å². The van der Waals surface area contributed by atoms with Gasteiger partial charge in [-0.2, -0.15) is 0 Å². The average molecular weight is 365 g/mol. The topological polar surface area (TPSA) is 40.5 Å². The van der Waals surface area contributed by atoms with Crippen molar-refractivity contribution in [2.45, 2.75) is 60.3 Å². The Morgan fingerprint density at radius 2 is 1.30 bits per heavy atom. The normalized spacial score (nSPS) is 20.0. The zero-order chi connectivity index (χ0) is 19.9. The molecule has 2 heteroatoms. The quantitative estimate of drug-likeness (QED) is 0.614. The van der Waals surface area contributed by atoms with Gasteiger partial charge in [-0.25, -0.2) is 0 Å². The zero-order valence-corrected chi connectivity index (χ0v) is 17.4. The van der Waals surface area contributed by atoms with Gasteiger partial charge in [0.25, 0.3) is 0 Å². The molecule has 0 saturated heterocycles. The molecule has 0 radical (unpaired) electrons. The van der Waals surface area contributed by atoms with Crippen LogP contribution in [0.3, 0.4) is 0 Å². The molecule has 0 heterocycles. The van der Waals surface area contributed by atoms with Crippen molar-refractivity contribution < 1.29 is 10.2 Å². The van der Waals surface area contributed by atoms with Crippen LogP contribution in [0.5, 0.6) is 11.5 Å². The van der Waals surface area contributed by atoms with Gasteiger partial charge in [0.15, 0.2) is 0 Å². The molecule has 0 bridgehead atoms. The maximum Gasteiger partial charge on any atom is 0.122 e. The van der Waals surface area contributed by atoms with Crippen LogP contribution >= 0.6 is 0 Å². The van der Waals surface area contributed by atoms with Gasteiger partial charge in [0, 0.05) is 17.0 Å². The molecule has 2 aromatic rings. The van der Waals surface area contributed by atoms with Crippen LogP contribution in [0.15, 0.2) is 35.9 Å². The lowest BCUT2D eigenvalue weighted by molar-refractivity contribution is 0.297. The molecule has 0 spiro atoms. The van der Waals surface area contributed by atoms with Gasteiger partial charge in [-0.15, -0.1) is 0 Å². The number of hydrogen-bond acceptors (Lipinski definition) is 2. The molecule has 2 aromatic carbocycles. The van der Waals surface area contributed by atoms with Crippen molar-refractivity contribution >= 4 is 0 Å². The fraction of sp³-hybridized carbons (Fsp3) is 0.440. The van der Waals surface area contributed by atoms with Gasteiger partial charge in [0.05, 0.1) is 0 Å². The van der Waals surface area contributed by atoms with Crippen molar-refractivity contribution in [3.63, 3.8) is 0 Å². The number of aromatic hydroxyl groups is 2. The third-order valence-corrected chi connectivity index (χ3v) is 6.17. The monoisotopic (exact) mass is 364 g/mol. The summed E-state index contributed by atoms with van der Waals surface area (Å²) in [5.41, 5.74) is 7.37. The Hall–Kier alpha value is -2.22. The van der Waals surface area contributed by atoms with Crippen LogP contribution in [-0.2, 0) is 0 Å². The van der Waals surface area contributed by atoms with Gasteiger partial charge < -0.3 is 10.2 Å². The molecule has 2 atom stereocenters. The van der Waals surface area contributed by atoms with E-state index in [9.17, 15) is 10.2 Å². The first-order valence-electron chi connectivity index (χ1n) is 9.94. The second-order valence-corrected chi connectivity index (χ2v) is 8.65. The highest BCUT2D eigenvalue weighted by Crippen LogP contribution is 2.49. The Kier molecular flexibility index (Phi) is 5.37. The van der Waals surface area contributed by atoms with Gasteiger partial charge in [-0.1, -0.05) is 54.0 Å². The molecular formula is C25H32O2. The van der Waals surface area contributed by atoms with Crippen molar-refractivity contribution in [3.05, 3.63) is 69.3 Å². The summed E-state index contributed by atoms with van der Waals surface area (Å²) in [6, 6.07) is 8.24. The van der Waals surface area contributed by atoms with Crippen LogP contribution in [0, 0.1) is 39.5 Å². The Morgan fingerprint density at radius 3 is 1.78 bits per heavy atom. The Bertz CT molecular complexity index is 834. The third-order valence-electron chi connectivity index (χ3n) is 6.17. The van der Waals surface area contributed by atoms with Crippen molar-refractivity contribution in [1.29, 1.82) is 0 Å². The predicted octanol–water partition coefficient (Wildman–Crippen LogP) is 6.46. The summed E-state index contributed by atoms with van der Waals surface area (Å²) in [4.78, 5) is 0. The number of benzene rings is 2. The number of hydrogen-bond donors (Lipinski definition) is 2. The summed E-state index contributed by atoms with van der Waals surface area (Å²) in [5.74, 6) is 1.53. The van der Waals surface area contributed by atoms with Crippen LogP contribution in [0.1, 0.15) is 66.0 Å². The largest absolute Gasteiger partial charge is 0.507 e. The van der Waals surface area contributed by atoms with E-state index in [-0.39, 0.29) is 5.92 Å². The smallest absolute Gasteiger partial charge is 0.122 e. The second kappa shape index (κ2) is 7.42. The summed E-state index contributed by atoms with van der Waals surface area (Å²) >= 11 is 0. The molecule has 0 saturated carbocycles. The number of allylic oxidation sites excluding steroid dienone is 2. The molecular weight excluding hydrogens is 332 g/mol. The highest BCUT2D eigenvalue weighted by Gasteiger charge is 2.35. The Labute approximate surface area is 163 Å². The van der Waals surface area contributed by atoms with E-state index in [1.807, 2.05) is 26.0 Å². The van der Waals surface area contributed by atoms with Gasteiger partial charge in [0.2, 0.25) is 0 Å². The molecule has 0 fully saturated rings. The summed E-state index contributed by atoms with van der Waals surface area (Å²) in [6.45, 7) is 12.5. The number of phenols is 2. The van der Waals surface area contributed by atoms with E-state index in [2.05, 4.69) is 45.9 Å². The SMILES string of the molecule is CC1=CCC(C)C(C(c2cc(C)cc(C)c2O)c2cc(C)cc(C)c2O)C1. The summed E-state index contributed by atoms with van der Waals surface area (Å²) in [6.07, 6.45) is 4.37. The van der Waals surface area contributed by atoms with Crippen molar-refractivity contribution in [2.75, 3.05) is 0 Å². The highest BCUT2D eigenvalue weighted by atomic mass is 16.3. The van der Waals surface area contributed by atoms with Crippen molar-refractivity contribution in [1.82, 2.24) is 0 Å². The lowest BCUT2D eigenvalue weighted by atomic mass is 9.68. The second-order valence-electron chi connectivity index (χ2n) is 8.65. The maximum absolute atomic E-state index is 11.0. The van der Waals surface area contributed by atoms with E-state index >= 15 is 0 Å². The van der Waals surface area contributed by atoms with Gasteiger partial charge in [-0.3, -0.25) is 0 Å². The molecule has 144 valence electrons. The van der Waals surface area contributed by atoms with Crippen molar-refractivity contribution in [2.24, 2.45) is 11.8 Å². The summed E-state index contributed by atoms with van der Waals surface area (Å²) < 4.78 is 0. The first kappa shape index (κ1) is 19.5. The van der Waals surface area contributed by atoms with E-state index in [0.29, 0.717) is 23.3 Å². The summed E-state index contributed by atoms with van der Waals surface area (Å²) in [7, 11) is 0. The molecule has 0 aromatic heterocycles. The molecule has 0 aliphatic heterocycles. The van der Waals surface area contributed by atoms with Gasteiger partial charge in [-0.05, 0) is 70.4 Å². The van der Waals surface area contributed by atoms with Gasteiger partial charge >= 0.3 is 0 Å². The standard InChI is InChI=1S/C25H32O2/c1-14-7-8-17(4)20(11-14)23(21-12-15(2)9-18(5)24(21)26)22-13-16(3)10-19(6)25(22)27/h7,9-10,12-13,17,20,23,26-27H,8,11H2,1-6H3. The number of phenolic OH excluding ortho intramolecular Hbond substituents is 2. The van der Waals surface area contributed by atoms with Crippen LogP contribution < -0.4 is 0 Å². The fourth-order valence-corrected chi connectivity index (χ4v) is 4.75. The van der Waals surface area contributed by atoms with E-state index in [4.69, 9.17) is 0 Å². The van der Waals surface area contributed by atoms with E-state index in [1.54, 1.807) is 0 Å². The average Bonchev–Trinajstić information content (AvgIpc) is 2.59. The zero-order valence-electron chi connectivity index (χ0n) is 17.4. The number of aryl methyl sites for hydroxylation is 4. The predicted molar refractivity (Wildman–Crippen MR) is 113 cm³/mol. The maximum atomic E-state index is 11.0.